The predicted molar refractivity (Wildman–Crippen MR) is 112 cm³/mol. The molecule has 142 valence electrons. The summed E-state index contributed by atoms with van der Waals surface area (Å²) in [6, 6.07) is 6.84. The van der Waals surface area contributed by atoms with E-state index in [9.17, 15) is 0 Å². The van der Waals surface area contributed by atoms with Crippen molar-refractivity contribution in [2.75, 3.05) is 24.3 Å². The monoisotopic (exact) mass is 355 g/mol. The molecule has 0 unspecified atom stereocenters. The molecule has 0 saturated heterocycles. The summed E-state index contributed by atoms with van der Waals surface area (Å²) in [5, 5.41) is 3.67. The molecule has 0 aliphatic carbocycles. The van der Waals surface area contributed by atoms with E-state index >= 15 is 0 Å². The van der Waals surface area contributed by atoms with Gasteiger partial charge in [-0.3, -0.25) is 0 Å². The van der Waals surface area contributed by atoms with Gasteiger partial charge in [-0.2, -0.15) is 0 Å². The molecule has 1 heterocycles. The molecule has 0 spiro atoms. The van der Waals surface area contributed by atoms with Gasteiger partial charge in [0.05, 0.1) is 5.69 Å². The van der Waals surface area contributed by atoms with Gasteiger partial charge in [-0.15, -0.1) is 0 Å². The van der Waals surface area contributed by atoms with Crippen molar-refractivity contribution in [3.8, 4) is 11.6 Å². The Morgan fingerprint density at radius 2 is 1.58 bits per heavy atom. The molecule has 1 N–H and O–H groups in total. The Kier molecular flexibility index (Phi) is 6.52. The van der Waals surface area contributed by atoms with Gasteiger partial charge in [0, 0.05) is 25.8 Å². The van der Waals surface area contributed by atoms with Gasteiger partial charge < -0.3 is 15.0 Å². The van der Waals surface area contributed by atoms with Gasteiger partial charge in [-0.1, -0.05) is 31.5 Å². The van der Waals surface area contributed by atoms with Gasteiger partial charge in [0.1, 0.15) is 11.4 Å². The Labute approximate surface area is 158 Å². The van der Waals surface area contributed by atoms with E-state index in [-0.39, 0.29) is 0 Å². The summed E-state index contributed by atoms with van der Waals surface area (Å²) in [5.41, 5.74) is 6.51. The third-order valence-corrected chi connectivity index (χ3v) is 4.68. The lowest BCUT2D eigenvalue weighted by Gasteiger charge is -2.25. The van der Waals surface area contributed by atoms with E-state index in [2.05, 4.69) is 63.0 Å². The highest BCUT2D eigenvalue weighted by atomic mass is 16.5. The fourth-order valence-corrected chi connectivity index (χ4v) is 3.39. The highest BCUT2D eigenvalue weighted by Crippen LogP contribution is 2.39. The lowest BCUT2D eigenvalue weighted by molar-refractivity contribution is 0.455. The largest absolute Gasteiger partial charge is 0.436 e. The normalized spacial score (nSPS) is 11.0. The zero-order chi connectivity index (χ0) is 19.4. The lowest BCUT2D eigenvalue weighted by Crippen LogP contribution is -2.21. The fourth-order valence-electron chi connectivity index (χ4n) is 3.39. The fraction of sp³-hybridized carbons (Fsp3) is 0.500. The van der Waals surface area contributed by atoms with Crippen LogP contribution in [0.3, 0.4) is 0 Å². The summed E-state index contributed by atoms with van der Waals surface area (Å²) >= 11 is 0. The molecule has 0 aliphatic rings. The van der Waals surface area contributed by atoms with E-state index in [4.69, 9.17) is 9.72 Å². The van der Waals surface area contributed by atoms with Crippen molar-refractivity contribution in [1.29, 1.82) is 0 Å². The second kappa shape index (κ2) is 8.43. The number of nitrogens with one attached hydrogen (secondary N) is 1. The molecule has 0 radical (unpaired) electrons. The van der Waals surface area contributed by atoms with E-state index < -0.39 is 0 Å². The topological polar surface area (TPSA) is 37.4 Å². The highest BCUT2D eigenvalue weighted by molar-refractivity contribution is 5.76. The van der Waals surface area contributed by atoms with E-state index in [1.807, 2.05) is 21.0 Å². The summed E-state index contributed by atoms with van der Waals surface area (Å²) in [6.45, 7) is 12.7. The second-order valence-electron chi connectivity index (χ2n) is 7.35. The number of ether oxygens (including phenoxy) is 1. The predicted octanol–water partition coefficient (Wildman–Crippen LogP) is 5.77. The summed E-state index contributed by atoms with van der Waals surface area (Å²) < 4.78 is 6.36. The maximum Gasteiger partial charge on any atom is 0.245 e. The highest BCUT2D eigenvalue weighted by Gasteiger charge is 2.19. The van der Waals surface area contributed by atoms with Crippen LogP contribution < -0.4 is 15.0 Å². The maximum absolute atomic E-state index is 6.36. The van der Waals surface area contributed by atoms with Crippen molar-refractivity contribution < 1.29 is 4.74 Å². The Morgan fingerprint density at radius 3 is 2.08 bits per heavy atom. The molecule has 1 aromatic heterocycles. The molecule has 1 aromatic carbocycles. The van der Waals surface area contributed by atoms with Gasteiger partial charge in [-0.25, -0.2) is 4.98 Å². The molecule has 4 nitrogen and oxygen atoms in total. The molecule has 0 atom stereocenters. The number of anilines is 2. The van der Waals surface area contributed by atoms with Gasteiger partial charge in [0.25, 0.3) is 0 Å². The maximum atomic E-state index is 6.36. The number of aryl methyl sites for hydroxylation is 4. The van der Waals surface area contributed by atoms with Crippen molar-refractivity contribution in [3.05, 3.63) is 40.6 Å². The number of hydrogen-bond acceptors (Lipinski definition) is 4. The van der Waals surface area contributed by atoms with E-state index in [0.29, 0.717) is 11.9 Å². The molecule has 0 amide bonds. The average molecular weight is 356 g/mol. The van der Waals surface area contributed by atoms with Crippen molar-refractivity contribution in [2.45, 2.75) is 60.4 Å². The van der Waals surface area contributed by atoms with Crippen molar-refractivity contribution in [3.63, 3.8) is 0 Å². The van der Waals surface area contributed by atoms with Crippen LogP contribution in [0.4, 0.5) is 11.4 Å². The Hall–Kier alpha value is -2.23. The lowest BCUT2D eigenvalue weighted by atomic mass is 10.1. The van der Waals surface area contributed by atoms with Gasteiger partial charge in [0.2, 0.25) is 5.88 Å². The molecule has 0 aliphatic heterocycles. The minimum atomic E-state index is 0.436. The first-order valence-electron chi connectivity index (χ1n) is 9.47. The Balaban J connectivity index is 2.53. The number of hydrogen-bond donors (Lipinski definition) is 1. The van der Waals surface area contributed by atoms with Crippen LogP contribution in [0.1, 0.15) is 49.1 Å². The van der Waals surface area contributed by atoms with Crippen LogP contribution in [0.5, 0.6) is 11.6 Å². The molecule has 2 aromatic rings. The van der Waals surface area contributed by atoms with E-state index in [1.165, 1.54) is 5.56 Å². The number of nitrogens with zero attached hydrogens (tertiary/aromatic N) is 2. The second-order valence-corrected chi connectivity index (χ2v) is 7.35. The number of benzene rings is 1. The molecular formula is C22H33N3O. The SMILES string of the molecule is CCC(CC)Nc1cc(C)nc(Oc2c(C)cc(C)cc2C)c1N(C)C. The molecule has 0 fully saturated rings. The minimum Gasteiger partial charge on any atom is -0.436 e. The minimum absolute atomic E-state index is 0.436. The Bertz CT molecular complexity index is 741. The Morgan fingerprint density at radius 1 is 1.00 bits per heavy atom. The summed E-state index contributed by atoms with van der Waals surface area (Å²) in [6.07, 6.45) is 2.16. The summed E-state index contributed by atoms with van der Waals surface area (Å²) in [7, 11) is 4.07. The van der Waals surface area contributed by atoms with Gasteiger partial charge >= 0.3 is 0 Å². The number of pyridine rings is 1. The van der Waals surface area contributed by atoms with Crippen LogP contribution in [-0.4, -0.2) is 25.1 Å². The van der Waals surface area contributed by atoms with Crippen molar-refractivity contribution in [2.24, 2.45) is 0 Å². The third kappa shape index (κ3) is 4.48. The van der Waals surface area contributed by atoms with Crippen LogP contribution in [0.25, 0.3) is 0 Å². The zero-order valence-electron chi connectivity index (χ0n) is 17.5. The van der Waals surface area contributed by atoms with Crippen LogP contribution >= 0.6 is 0 Å². The molecule has 2 rings (SSSR count). The number of aromatic nitrogens is 1. The van der Waals surface area contributed by atoms with Gasteiger partial charge in [-0.05, 0) is 57.7 Å². The zero-order valence-corrected chi connectivity index (χ0v) is 17.5. The molecular weight excluding hydrogens is 322 g/mol. The molecule has 0 saturated carbocycles. The van der Waals surface area contributed by atoms with E-state index in [1.54, 1.807) is 0 Å². The van der Waals surface area contributed by atoms with Gasteiger partial charge in [0.15, 0.2) is 0 Å². The smallest absolute Gasteiger partial charge is 0.245 e. The van der Waals surface area contributed by atoms with Crippen molar-refractivity contribution in [1.82, 2.24) is 4.98 Å². The standard InChI is InChI=1S/C22H33N3O/c1-9-18(10-2)24-19-13-17(6)23-22(20(19)25(7)8)26-21-15(4)11-14(3)12-16(21)5/h11-13,18H,9-10H2,1-8H3,(H,23,24). The quantitative estimate of drug-likeness (QED) is 0.684. The van der Waals surface area contributed by atoms with Crippen molar-refractivity contribution >= 4 is 11.4 Å². The van der Waals surface area contributed by atoms with Crippen LogP contribution in [-0.2, 0) is 0 Å². The molecule has 26 heavy (non-hydrogen) atoms. The number of rotatable bonds is 7. The van der Waals surface area contributed by atoms with E-state index in [0.717, 1.165) is 46.8 Å². The van der Waals surface area contributed by atoms with Crippen LogP contribution in [0.15, 0.2) is 18.2 Å². The summed E-state index contributed by atoms with van der Waals surface area (Å²) in [5.74, 6) is 1.55. The van der Waals surface area contributed by atoms with Crippen LogP contribution in [0.2, 0.25) is 0 Å². The molecule has 0 bridgehead atoms. The van der Waals surface area contributed by atoms with Crippen LogP contribution in [0, 0.1) is 27.7 Å². The molecule has 4 heteroatoms. The average Bonchev–Trinajstić information content (AvgIpc) is 2.55. The first-order chi connectivity index (χ1) is 12.3. The third-order valence-electron chi connectivity index (χ3n) is 4.68. The first kappa shape index (κ1) is 20.1. The first-order valence-corrected chi connectivity index (χ1v) is 9.47. The summed E-state index contributed by atoms with van der Waals surface area (Å²) in [4.78, 5) is 6.78.